The number of aliphatic carboxylic acids is 1. The van der Waals surface area contributed by atoms with Crippen LogP contribution in [0.15, 0.2) is 0 Å². The third-order valence-corrected chi connectivity index (χ3v) is 3.38. The van der Waals surface area contributed by atoms with Crippen LogP contribution in [0, 0.1) is 5.92 Å². The first-order chi connectivity index (χ1) is 8.06. The summed E-state index contributed by atoms with van der Waals surface area (Å²) in [7, 11) is 0. The number of rotatable bonds is 5. The SMILES string of the molecule is CC(CN)C(=O)N1CCCCC1CCC(=O)O. The maximum atomic E-state index is 12.1. The Morgan fingerprint density at radius 2 is 2.18 bits per heavy atom. The van der Waals surface area contributed by atoms with Crippen LogP contribution in [0.4, 0.5) is 0 Å². The first-order valence-corrected chi connectivity index (χ1v) is 6.28. The Bertz CT molecular complexity index is 281. The Labute approximate surface area is 102 Å². The molecule has 1 heterocycles. The average Bonchev–Trinajstić information content (AvgIpc) is 2.34. The molecule has 1 aliphatic heterocycles. The van der Waals surface area contributed by atoms with E-state index < -0.39 is 5.97 Å². The van der Waals surface area contributed by atoms with Crippen molar-refractivity contribution in [3.8, 4) is 0 Å². The minimum Gasteiger partial charge on any atom is -0.481 e. The lowest BCUT2D eigenvalue weighted by molar-refractivity contribution is -0.141. The van der Waals surface area contributed by atoms with Crippen molar-refractivity contribution in [2.45, 2.75) is 45.1 Å². The Balaban J connectivity index is 2.58. The first kappa shape index (κ1) is 14.0. The first-order valence-electron chi connectivity index (χ1n) is 6.28. The van der Waals surface area contributed by atoms with E-state index in [1.165, 1.54) is 0 Å². The molecule has 1 aliphatic rings. The minimum absolute atomic E-state index is 0.0718. The third kappa shape index (κ3) is 4.00. The number of hydrogen-bond donors (Lipinski definition) is 2. The second kappa shape index (κ2) is 6.59. The summed E-state index contributed by atoms with van der Waals surface area (Å²) in [5.74, 6) is -0.891. The van der Waals surface area contributed by atoms with E-state index in [9.17, 15) is 9.59 Å². The Kier molecular flexibility index (Phi) is 5.41. The van der Waals surface area contributed by atoms with E-state index >= 15 is 0 Å². The fraction of sp³-hybridized carbons (Fsp3) is 0.833. The quantitative estimate of drug-likeness (QED) is 0.748. The molecule has 0 saturated carbocycles. The molecule has 0 bridgehead atoms. The third-order valence-electron chi connectivity index (χ3n) is 3.38. The molecule has 0 radical (unpaired) electrons. The molecular formula is C12H22N2O3. The average molecular weight is 242 g/mol. The molecule has 0 aromatic carbocycles. The second-order valence-corrected chi connectivity index (χ2v) is 4.75. The molecule has 1 amide bonds. The Morgan fingerprint density at radius 1 is 1.47 bits per heavy atom. The van der Waals surface area contributed by atoms with E-state index in [4.69, 9.17) is 10.8 Å². The molecule has 1 rings (SSSR count). The summed E-state index contributed by atoms with van der Waals surface area (Å²) in [4.78, 5) is 24.5. The summed E-state index contributed by atoms with van der Waals surface area (Å²) in [6, 6.07) is 0.0846. The van der Waals surface area contributed by atoms with Crippen LogP contribution in [0.5, 0.6) is 0 Å². The Morgan fingerprint density at radius 3 is 2.76 bits per heavy atom. The van der Waals surface area contributed by atoms with Gasteiger partial charge in [-0.05, 0) is 25.7 Å². The van der Waals surface area contributed by atoms with Crippen molar-refractivity contribution in [1.29, 1.82) is 0 Å². The smallest absolute Gasteiger partial charge is 0.303 e. The number of carboxylic acid groups (broad SMARTS) is 1. The molecule has 0 spiro atoms. The summed E-state index contributed by atoms with van der Waals surface area (Å²) < 4.78 is 0. The molecule has 3 N–H and O–H groups in total. The molecule has 1 saturated heterocycles. The van der Waals surface area contributed by atoms with Gasteiger partial charge in [-0.15, -0.1) is 0 Å². The number of carbonyl (C=O) groups is 2. The number of likely N-dealkylation sites (tertiary alicyclic amines) is 1. The molecule has 2 unspecified atom stereocenters. The van der Waals surface area contributed by atoms with Crippen LogP contribution in [-0.2, 0) is 9.59 Å². The van der Waals surface area contributed by atoms with Crippen molar-refractivity contribution in [3.63, 3.8) is 0 Å². The van der Waals surface area contributed by atoms with E-state index in [0.29, 0.717) is 13.0 Å². The zero-order chi connectivity index (χ0) is 12.8. The normalized spacial score (nSPS) is 22.2. The summed E-state index contributed by atoms with van der Waals surface area (Å²) in [6.45, 7) is 2.92. The fourth-order valence-electron chi connectivity index (χ4n) is 2.26. The number of nitrogens with two attached hydrogens (primary N) is 1. The van der Waals surface area contributed by atoms with Crippen molar-refractivity contribution in [2.75, 3.05) is 13.1 Å². The van der Waals surface area contributed by atoms with E-state index in [1.54, 1.807) is 0 Å². The predicted molar refractivity (Wildman–Crippen MR) is 64.4 cm³/mol. The van der Waals surface area contributed by atoms with Crippen molar-refractivity contribution >= 4 is 11.9 Å². The molecular weight excluding hydrogens is 220 g/mol. The van der Waals surface area contributed by atoms with Crippen molar-refractivity contribution in [2.24, 2.45) is 11.7 Å². The van der Waals surface area contributed by atoms with Crippen LogP contribution in [-0.4, -0.2) is 41.0 Å². The van der Waals surface area contributed by atoms with Gasteiger partial charge < -0.3 is 15.7 Å². The lowest BCUT2D eigenvalue weighted by atomic mass is 9.96. The molecule has 5 heteroatoms. The molecule has 98 valence electrons. The van der Waals surface area contributed by atoms with Gasteiger partial charge in [0.05, 0.1) is 0 Å². The monoisotopic (exact) mass is 242 g/mol. The Hall–Kier alpha value is -1.10. The zero-order valence-electron chi connectivity index (χ0n) is 10.4. The van der Waals surface area contributed by atoms with Gasteiger partial charge in [0.1, 0.15) is 0 Å². The standard InChI is InChI=1S/C12H22N2O3/c1-9(8-13)12(17)14-7-3-2-4-10(14)5-6-11(15)16/h9-10H,2-8,13H2,1H3,(H,15,16). The molecule has 0 aliphatic carbocycles. The van der Waals surface area contributed by atoms with Gasteiger partial charge in [0.15, 0.2) is 0 Å². The van der Waals surface area contributed by atoms with Gasteiger partial charge in [-0.1, -0.05) is 6.92 Å². The minimum atomic E-state index is -0.796. The molecule has 17 heavy (non-hydrogen) atoms. The molecule has 0 aromatic rings. The van der Waals surface area contributed by atoms with E-state index in [0.717, 1.165) is 25.8 Å². The highest BCUT2D eigenvalue weighted by Crippen LogP contribution is 2.22. The van der Waals surface area contributed by atoms with Crippen LogP contribution in [0.1, 0.15) is 39.0 Å². The number of amides is 1. The van der Waals surface area contributed by atoms with E-state index in [-0.39, 0.29) is 24.3 Å². The number of piperidine rings is 1. The lowest BCUT2D eigenvalue weighted by Gasteiger charge is -2.37. The van der Waals surface area contributed by atoms with Crippen molar-refractivity contribution in [1.82, 2.24) is 4.90 Å². The van der Waals surface area contributed by atoms with Gasteiger partial charge in [-0.25, -0.2) is 0 Å². The van der Waals surface area contributed by atoms with Crippen LogP contribution >= 0.6 is 0 Å². The van der Waals surface area contributed by atoms with Crippen LogP contribution in [0.25, 0.3) is 0 Å². The second-order valence-electron chi connectivity index (χ2n) is 4.75. The van der Waals surface area contributed by atoms with E-state index in [2.05, 4.69) is 0 Å². The van der Waals surface area contributed by atoms with Gasteiger partial charge in [-0.2, -0.15) is 0 Å². The van der Waals surface area contributed by atoms with Gasteiger partial charge in [0, 0.05) is 31.5 Å². The number of hydrogen-bond acceptors (Lipinski definition) is 3. The molecule has 0 aromatic heterocycles. The highest BCUT2D eigenvalue weighted by molar-refractivity contribution is 5.79. The molecule has 5 nitrogen and oxygen atoms in total. The largest absolute Gasteiger partial charge is 0.481 e. The zero-order valence-corrected chi connectivity index (χ0v) is 10.4. The summed E-state index contributed by atoms with van der Waals surface area (Å²) in [5.41, 5.74) is 5.51. The summed E-state index contributed by atoms with van der Waals surface area (Å²) >= 11 is 0. The summed E-state index contributed by atoms with van der Waals surface area (Å²) in [6.07, 6.45) is 3.68. The molecule has 1 fully saturated rings. The predicted octanol–water partition coefficient (Wildman–Crippen LogP) is 0.827. The van der Waals surface area contributed by atoms with Crippen LogP contribution < -0.4 is 5.73 Å². The highest BCUT2D eigenvalue weighted by atomic mass is 16.4. The lowest BCUT2D eigenvalue weighted by Crippen LogP contribution is -2.47. The fourth-order valence-corrected chi connectivity index (χ4v) is 2.26. The number of carboxylic acids is 1. The van der Waals surface area contributed by atoms with Gasteiger partial charge in [-0.3, -0.25) is 9.59 Å². The maximum absolute atomic E-state index is 12.1. The van der Waals surface area contributed by atoms with Gasteiger partial charge in [0.2, 0.25) is 5.91 Å². The van der Waals surface area contributed by atoms with Crippen LogP contribution in [0.3, 0.4) is 0 Å². The van der Waals surface area contributed by atoms with Crippen molar-refractivity contribution < 1.29 is 14.7 Å². The van der Waals surface area contributed by atoms with Gasteiger partial charge >= 0.3 is 5.97 Å². The number of nitrogens with zero attached hydrogens (tertiary/aromatic N) is 1. The highest BCUT2D eigenvalue weighted by Gasteiger charge is 2.29. The summed E-state index contributed by atoms with van der Waals surface area (Å²) in [5, 5.41) is 8.70. The maximum Gasteiger partial charge on any atom is 0.303 e. The van der Waals surface area contributed by atoms with Crippen molar-refractivity contribution in [3.05, 3.63) is 0 Å². The van der Waals surface area contributed by atoms with Crippen LogP contribution in [0.2, 0.25) is 0 Å². The molecule has 2 atom stereocenters. The van der Waals surface area contributed by atoms with E-state index in [1.807, 2.05) is 11.8 Å². The number of carbonyl (C=O) groups excluding carboxylic acids is 1. The topological polar surface area (TPSA) is 83.6 Å². The van der Waals surface area contributed by atoms with Gasteiger partial charge in [0.25, 0.3) is 0 Å².